The van der Waals surface area contributed by atoms with Crippen LogP contribution in [0.4, 0.5) is 0 Å². The van der Waals surface area contributed by atoms with E-state index in [4.69, 9.17) is 0 Å². The number of hydrogen-bond donors (Lipinski definition) is 2. The van der Waals surface area contributed by atoms with Gasteiger partial charge in [0.25, 0.3) is 0 Å². The molecular formula is C7H15NS. The SMILES string of the molecule is SCC1CCCCNC1. The molecule has 1 atom stereocenters. The smallest absolute Gasteiger partial charge is 0.00127 e. The molecule has 0 amide bonds. The first-order valence-electron chi connectivity index (χ1n) is 3.75. The third-order valence-electron chi connectivity index (χ3n) is 1.91. The highest BCUT2D eigenvalue weighted by molar-refractivity contribution is 7.80. The van der Waals surface area contributed by atoms with Gasteiger partial charge in [0.2, 0.25) is 0 Å². The van der Waals surface area contributed by atoms with E-state index in [1.807, 2.05) is 0 Å². The second kappa shape index (κ2) is 4.18. The Morgan fingerprint density at radius 2 is 2.33 bits per heavy atom. The van der Waals surface area contributed by atoms with Crippen LogP contribution in [0.5, 0.6) is 0 Å². The van der Waals surface area contributed by atoms with E-state index in [1.165, 1.54) is 32.4 Å². The molecule has 1 nitrogen and oxygen atoms in total. The van der Waals surface area contributed by atoms with Gasteiger partial charge < -0.3 is 5.32 Å². The lowest BCUT2D eigenvalue weighted by molar-refractivity contribution is 0.534. The molecule has 0 radical (unpaired) electrons. The summed E-state index contributed by atoms with van der Waals surface area (Å²) in [6.45, 7) is 2.40. The monoisotopic (exact) mass is 145 g/mol. The molecule has 1 heterocycles. The fourth-order valence-corrected chi connectivity index (χ4v) is 1.56. The Morgan fingerprint density at radius 3 is 3.11 bits per heavy atom. The Balaban J connectivity index is 2.18. The average molecular weight is 145 g/mol. The van der Waals surface area contributed by atoms with Gasteiger partial charge in [-0.2, -0.15) is 12.6 Å². The average Bonchev–Trinajstić information content (AvgIpc) is 2.13. The largest absolute Gasteiger partial charge is 0.316 e. The van der Waals surface area contributed by atoms with E-state index in [2.05, 4.69) is 17.9 Å². The van der Waals surface area contributed by atoms with E-state index in [0.717, 1.165) is 11.7 Å². The zero-order valence-corrected chi connectivity index (χ0v) is 6.66. The van der Waals surface area contributed by atoms with Gasteiger partial charge in [-0.3, -0.25) is 0 Å². The minimum absolute atomic E-state index is 0.829. The molecule has 1 saturated heterocycles. The van der Waals surface area contributed by atoms with Crippen molar-refractivity contribution in [3.05, 3.63) is 0 Å². The lowest BCUT2D eigenvalue weighted by Gasteiger charge is -2.08. The van der Waals surface area contributed by atoms with Gasteiger partial charge in [-0.05, 0) is 37.6 Å². The summed E-state index contributed by atoms with van der Waals surface area (Å²) < 4.78 is 0. The van der Waals surface area contributed by atoms with E-state index in [-0.39, 0.29) is 0 Å². The molecular weight excluding hydrogens is 130 g/mol. The maximum atomic E-state index is 4.27. The Kier molecular flexibility index (Phi) is 3.44. The van der Waals surface area contributed by atoms with Crippen molar-refractivity contribution < 1.29 is 0 Å². The molecule has 1 aliphatic heterocycles. The van der Waals surface area contributed by atoms with Crippen molar-refractivity contribution in [1.82, 2.24) is 5.32 Å². The summed E-state index contributed by atoms with van der Waals surface area (Å²) in [5.41, 5.74) is 0. The lowest BCUT2D eigenvalue weighted by Crippen LogP contribution is -2.21. The molecule has 0 bridgehead atoms. The van der Waals surface area contributed by atoms with Crippen molar-refractivity contribution in [1.29, 1.82) is 0 Å². The van der Waals surface area contributed by atoms with E-state index >= 15 is 0 Å². The molecule has 2 heteroatoms. The summed E-state index contributed by atoms with van der Waals surface area (Å²) in [6, 6.07) is 0. The van der Waals surface area contributed by atoms with Crippen molar-refractivity contribution in [2.75, 3.05) is 18.8 Å². The van der Waals surface area contributed by atoms with Crippen LogP contribution in [-0.4, -0.2) is 18.8 Å². The van der Waals surface area contributed by atoms with Crippen molar-refractivity contribution in [2.45, 2.75) is 19.3 Å². The third kappa shape index (κ3) is 2.59. The van der Waals surface area contributed by atoms with Crippen molar-refractivity contribution in [2.24, 2.45) is 5.92 Å². The predicted octanol–water partition coefficient (Wildman–Crippen LogP) is 1.31. The van der Waals surface area contributed by atoms with Gasteiger partial charge in [-0.15, -0.1) is 0 Å². The van der Waals surface area contributed by atoms with Gasteiger partial charge in [0.1, 0.15) is 0 Å². The highest BCUT2D eigenvalue weighted by Crippen LogP contribution is 2.11. The van der Waals surface area contributed by atoms with Crippen LogP contribution in [0.15, 0.2) is 0 Å². The highest BCUT2D eigenvalue weighted by Gasteiger charge is 2.08. The molecule has 0 aromatic carbocycles. The van der Waals surface area contributed by atoms with Crippen LogP contribution >= 0.6 is 12.6 Å². The normalized spacial score (nSPS) is 29.7. The van der Waals surface area contributed by atoms with Crippen LogP contribution in [0, 0.1) is 5.92 Å². The number of rotatable bonds is 1. The summed E-state index contributed by atoms with van der Waals surface area (Å²) in [5.74, 6) is 1.88. The molecule has 1 aliphatic rings. The second-order valence-electron chi connectivity index (χ2n) is 2.75. The van der Waals surface area contributed by atoms with Crippen LogP contribution in [-0.2, 0) is 0 Å². The first-order chi connectivity index (χ1) is 4.43. The standard InChI is InChI=1S/C7H15NS/c9-6-7-3-1-2-4-8-5-7/h7-9H,1-6H2. The van der Waals surface area contributed by atoms with Crippen LogP contribution in [0.1, 0.15) is 19.3 Å². The second-order valence-corrected chi connectivity index (χ2v) is 3.11. The van der Waals surface area contributed by atoms with Crippen LogP contribution in [0.2, 0.25) is 0 Å². The molecule has 1 N–H and O–H groups in total. The van der Waals surface area contributed by atoms with E-state index in [9.17, 15) is 0 Å². The highest BCUT2D eigenvalue weighted by atomic mass is 32.1. The van der Waals surface area contributed by atoms with Crippen molar-refractivity contribution in [3.63, 3.8) is 0 Å². The van der Waals surface area contributed by atoms with Crippen molar-refractivity contribution >= 4 is 12.6 Å². The van der Waals surface area contributed by atoms with Crippen molar-refractivity contribution in [3.8, 4) is 0 Å². The van der Waals surface area contributed by atoms with E-state index in [1.54, 1.807) is 0 Å². The third-order valence-corrected chi connectivity index (χ3v) is 2.42. The van der Waals surface area contributed by atoms with Gasteiger partial charge >= 0.3 is 0 Å². The zero-order valence-electron chi connectivity index (χ0n) is 5.77. The molecule has 0 aromatic heterocycles. The quantitative estimate of drug-likeness (QED) is 0.530. The van der Waals surface area contributed by atoms with Crippen LogP contribution in [0.3, 0.4) is 0 Å². The minimum atomic E-state index is 0.829. The fourth-order valence-electron chi connectivity index (χ4n) is 1.25. The molecule has 9 heavy (non-hydrogen) atoms. The molecule has 0 aliphatic carbocycles. The Morgan fingerprint density at radius 1 is 1.44 bits per heavy atom. The summed E-state index contributed by atoms with van der Waals surface area (Å²) in [4.78, 5) is 0. The van der Waals surface area contributed by atoms with Gasteiger partial charge in [0.05, 0.1) is 0 Å². The first kappa shape index (κ1) is 7.42. The Labute approximate surface area is 62.6 Å². The predicted molar refractivity (Wildman–Crippen MR) is 44.1 cm³/mol. The molecule has 0 aromatic rings. The van der Waals surface area contributed by atoms with E-state index < -0.39 is 0 Å². The minimum Gasteiger partial charge on any atom is -0.316 e. The van der Waals surface area contributed by atoms with Crippen LogP contribution < -0.4 is 5.32 Å². The Bertz CT molecular complexity index is 67.3. The molecule has 1 fully saturated rings. The summed E-state index contributed by atoms with van der Waals surface area (Å²) in [5, 5.41) is 3.40. The Hall–Kier alpha value is 0.310. The topological polar surface area (TPSA) is 12.0 Å². The summed E-state index contributed by atoms with van der Waals surface area (Å²) in [6.07, 6.45) is 4.11. The molecule has 1 rings (SSSR count). The maximum Gasteiger partial charge on any atom is -0.00127 e. The van der Waals surface area contributed by atoms with Gasteiger partial charge in [0, 0.05) is 0 Å². The van der Waals surface area contributed by atoms with Crippen LogP contribution in [0.25, 0.3) is 0 Å². The molecule has 54 valence electrons. The first-order valence-corrected chi connectivity index (χ1v) is 4.38. The lowest BCUT2D eigenvalue weighted by atomic mass is 10.1. The number of thiol groups is 1. The number of hydrogen-bond acceptors (Lipinski definition) is 2. The fraction of sp³-hybridized carbons (Fsp3) is 1.00. The number of nitrogens with one attached hydrogen (secondary N) is 1. The molecule has 1 unspecified atom stereocenters. The maximum absolute atomic E-state index is 4.27. The molecule has 0 spiro atoms. The molecule has 0 saturated carbocycles. The summed E-state index contributed by atoms with van der Waals surface area (Å²) >= 11 is 4.27. The van der Waals surface area contributed by atoms with Gasteiger partial charge in [0.15, 0.2) is 0 Å². The van der Waals surface area contributed by atoms with Gasteiger partial charge in [-0.25, -0.2) is 0 Å². The zero-order chi connectivity index (χ0) is 6.53. The van der Waals surface area contributed by atoms with E-state index in [0.29, 0.717) is 0 Å². The van der Waals surface area contributed by atoms with Gasteiger partial charge in [-0.1, -0.05) is 6.42 Å². The summed E-state index contributed by atoms with van der Waals surface area (Å²) in [7, 11) is 0.